The lowest BCUT2D eigenvalue weighted by Crippen LogP contribution is -2.53. The van der Waals surface area contributed by atoms with Crippen LogP contribution in [0, 0.1) is 0 Å². The van der Waals surface area contributed by atoms with E-state index < -0.39 is 5.41 Å². The number of nitrogens with two attached hydrogens (primary N) is 1. The summed E-state index contributed by atoms with van der Waals surface area (Å²) in [4.78, 5) is 12.4. The van der Waals surface area contributed by atoms with E-state index >= 15 is 0 Å². The lowest BCUT2D eigenvalue weighted by atomic mass is 9.84. The number of ether oxygens (including phenoxy) is 1. The minimum absolute atomic E-state index is 0.0147. The summed E-state index contributed by atoms with van der Waals surface area (Å²) in [6.45, 7) is 6.58. The zero-order valence-electron chi connectivity index (χ0n) is 11.5. The molecule has 0 radical (unpaired) electrons. The molecule has 3 N–H and O–H groups in total. The molecule has 0 unspecified atom stereocenters. The van der Waals surface area contributed by atoms with Gasteiger partial charge in [0, 0.05) is 18.8 Å². The van der Waals surface area contributed by atoms with Gasteiger partial charge in [0.25, 0.3) is 0 Å². The topological polar surface area (TPSA) is 67.6 Å². The Kier molecular flexibility index (Phi) is 4.07. The summed E-state index contributed by atoms with van der Waals surface area (Å²) in [6, 6.07) is 7.43. The highest BCUT2D eigenvalue weighted by Crippen LogP contribution is 2.24. The molecule has 0 aliphatic carbocycles. The Morgan fingerprint density at radius 1 is 1.26 bits per heavy atom. The van der Waals surface area contributed by atoms with Crippen LogP contribution < -0.4 is 11.2 Å². The van der Waals surface area contributed by atoms with Crippen molar-refractivity contribution in [3.8, 4) is 0 Å². The summed E-state index contributed by atoms with van der Waals surface area (Å²) < 4.78 is 5.26. The second-order valence-electron chi connectivity index (χ2n) is 5.29. The van der Waals surface area contributed by atoms with E-state index in [1.165, 1.54) is 0 Å². The molecule has 19 heavy (non-hydrogen) atoms. The molecule has 0 bridgehead atoms. The first-order chi connectivity index (χ1) is 9.00. The third-order valence-electron chi connectivity index (χ3n) is 3.47. The molecule has 1 saturated heterocycles. The first-order valence-corrected chi connectivity index (χ1v) is 6.50. The second-order valence-corrected chi connectivity index (χ2v) is 5.29. The van der Waals surface area contributed by atoms with Crippen LogP contribution in [0.5, 0.6) is 0 Å². The Labute approximate surface area is 113 Å². The molecular formula is C14H21N3O2. The van der Waals surface area contributed by atoms with Crippen LogP contribution in [0.3, 0.4) is 0 Å². The first kappa shape index (κ1) is 13.8. The molecule has 0 atom stereocenters. The van der Waals surface area contributed by atoms with Crippen molar-refractivity contribution in [1.82, 2.24) is 10.4 Å². The molecule has 0 aromatic heterocycles. The lowest BCUT2D eigenvalue weighted by Gasteiger charge is -2.31. The summed E-state index contributed by atoms with van der Waals surface area (Å²) in [6.07, 6.45) is 0. The van der Waals surface area contributed by atoms with E-state index in [4.69, 9.17) is 10.5 Å². The molecule has 1 aliphatic rings. The highest BCUT2D eigenvalue weighted by molar-refractivity contribution is 5.87. The Morgan fingerprint density at radius 2 is 1.84 bits per heavy atom. The van der Waals surface area contributed by atoms with Gasteiger partial charge in [-0.15, -0.1) is 0 Å². The summed E-state index contributed by atoms with van der Waals surface area (Å²) in [7, 11) is 0. The SMILES string of the molecule is CC(C)(C(=O)NN1CCOCC1)c1ccc(N)cc1. The Bertz CT molecular complexity index is 437. The van der Waals surface area contributed by atoms with Crippen LogP contribution >= 0.6 is 0 Å². The van der Waals surface area contributed by atoms with Crippen molar-refractivity contribution in [2.75, 3.05) is 32.0 Å². The maximum absolute atomic E-state index is 12.4. The minimum atomic E-state index is -0.591. The normalized spacial score (nSPS) is 17.2. The molecule has 1 aromatic carbocycles. The van der Waals surface area contributed by atoms with E-state index in [9.17, 15) is 4.79 Å². The van der Waals surface area contributed by atoms with E-state index in [-0.39, 0.29) is 5.91 Å². The number of nitrogens with zero attached hydrogens (tertiary/aromatic N) is 1. The van der Waals surface area contributed by atoms with Gasteiger partial charge < -0.3 is 10.5 Å². The minimum Gasteiger partial charge on any atom is -0.399 e. The third-order valence-corrected chi connectivity index (χ3v) is 3.47. The van der Waals surface area contributed by atoms with Crippen LogP contribution in [-0.4, -0.2) is 37.2 Å². The second kappa shape index (κ2) is 5.59. The van der Waals surface area contributed by atoms with Gasteiger partial charge in [0.05, 0.1) is 18.6 Å². The predicted octanol–water partition coefficient (Wildman–Crippen LogP) is 0.910. The van der Waals surface area contributed by atoms with Gasteiger partial charge in [-0.2, -0.15) is 0 Å². The molecule has 5 nitrogen and oxygen atoms in total. The lowest BCUT2D eigenvalue weighted by molar-refractivity contribution is -0.132. The van der Waals surface area contributed by atoms with Crippen molar-refractivity contribution < 1.29 is 9.53 Å². The summed E-state index contributed by atoms with van der Waals surface area (Å²) in [5.41, 5.74) is 9.69. The third kappa shape index (κ3) is 3.24. The number of rotatable bonds is 3. The van der Waals surface area contributed by atoms with Gasteiger partial charge in [0.2, 0.25) is 5.91 Å². The molecule has 0 saturated carbocycles. The quantitative estimate of drug-likeness (QED) is 0.795. The van der Waals surface area contributed by atoms with Gasteiger partial charge >= 0.3 is 0 Å². The van der Waals surface area contributed by atoms with Gasteiger partial charge in [0.15, 0.2) is 0 Å². The molecule has 2 rings (SSSR count). The van der Waals surface area contributed by atoms with Gasteiger partial charge in [-0.25, -0.2) is 5.01 Å². The molecule has 104 valence electrons. The number of hydrogen-bond acceptors (Lipinski definition) is 4. The zero-order chi connectivity index (χ0) is 13.9. The number of anilines is 1. The average Bonchev–Trinajstić information content (AvgIpc) is 2.40. The van der Waals surface area contributed by atoms with E-state index in [1.54, 1.807) is 0 Å². The Balaban J connectivity index is 2.05. The number of carbonyl (C=O) groups is 1. The monoisotopic (exact) mass is 263 g/mol. The zero-order valence-corrected chi connectivity index (χ0v) is 11.5. The van der Waals surface area contributed by atoms with Crippen LogP contribution in [0.25, 0.3) is 0 Å². The number of benzene rings is 1. The fourth-order valence-corrected chi connectivity index (χ4v) is 1.99. The highest BCUT2D eigenvalue weighted by Gasteiger charge is 2.31. The van der Waals surface area contributed by atoms with E-state index in [2.05, 4.69) is 5.43 Å². The molecule has 1 aromatic rings. The number of nitrogens with one attached hydrogen (secondary N) is 1. The van der Waals surface area contributed by atoms with Crippen LogP contribution in [0.15, 0.2) is 24.3 Å². The molecule has 5 heteroatoms. The summed E-state index contributed by atoms with van der Waals surface area (Å²) in [5, 5.41) is 1.91. The molecule has 1 fully saturated rings. The summed E-state index contributed by atoms with van der Waals surface area (Å²) in [5.74, 6) is -0.0147. The standard InChI is InChI=1S/C14H21N3O2/c1-14(2,11-3-5-12(15)6-4-11)13(18)16-17-7-9-19-10-8-17/h3-6H,7-10,15H2,1-2H3,(H,16,18). The van der Waals surface area contributed by atoms with Gasteiger partial charge in [-0.1, -0.05) is 12.1 Å². The average molecular weight is 263 g/mol. The number of amides is 1. The molecule has 1 aliphatic heterocycles. The largest absolute Gasteiger partial charge is 0.399 e. The van der Waals surface area contributed by atoms with Gasteiger partial charge in [0.1, 0.15) is 0 Å². The van der Waals surface area contributed by atoms with Crippen LogP contribution in [0.4, 0.5) is 5.69 Å². The van der Waals surface area contributed by atoms with Crippen LogP contribution in [0.1, 0.15) is 19.4 Å². The summed E-state index contributed by atoms with van der Waals surface area (Å²) >= 11 is 0. The van der Waals surface area contributed by atoms with Crippen molar-refractivity contribution in [2.45, 2.75) is 19.3 Å². The van der Waals surface area contributed by atoms with Crippen molar-refractivity contribution in [3.63, 3.8) is 0 Å². The smallest absolute Gasteiger partial charge is 0.244 e. The Hall–Kier alpha value is -1.59. The van der Waals surface area contributed by atoms with Gasteiger partial charge in [-0.05, 0) is 31.5 Å². The predicted molar refractivity (Wildman–Crippen MR) is 74.4 cm³/mol. The van der Waals surface area contributed by atoms with Crippen LogP contribution in [-0.2, 0) is 14.9 Å². The first-order valence-electron chi connectivity index (χ1n) is 6.50. The number of morpholine rings is 1. The maximum Gasteiger partial charge on any atom is 0.244 e. The van der Waals surface area contributed by atoms with E-state index in [0.717, 1.165) is 18.7 Å². The number of hydrazine groups is 1. The van der Waals surface area contributed by atoms with E-state index in [0.29, 0.717) is 18.9 Å². The Morgan fingerprint density at radius 3 is 2.42 bits per heavy atom. The molecule has 1 amide bonds. The molecular weight excluding hydrogens is 242 g/mol. The van der Waals surface area contributed by atoms with Crippen molar-refractivity contribution in [1.29, 1.82) is 0 Å². The van der Waals surface area contributed by atoms with E-state index in [1.807, 2.05) is 43.1 Å². The molecule has 1 heterocycles. The van der Waals surface area contributed by atoms with Crippen molar-refractivity contribution in [3.05, 3.63) is 29.8 Å². The fourth-order valence-electron chi connectivity index (χ4n) is 1.99. The van der Waals surface area contributed by atoms with Crippen molar-refractivity contribution in [2.24, 2.45) is 0 Å². The van der Waals surface area contributed by atoms with Gasteiger partial charge in [-0.3, -0.25) is 10.2 Å². The van der Waals surface area contributed by atoms with Crippen LogP contribution in [0.2, 0.25) is 0 Å². The number of nitrogen functional groups attached to an aromatic ring is 1. The molecule has 0 spiro atoms. The highest BCUT2D eigenvalue weighted by atomic mass is 16.5. The number of hydrogen-bond donors (Lipinski definition) is 2. The van der Waals surface area contributed by atoms with Crippen molar-refractivity contribution >= 4 is 11.6 Å². The maximum atomic E-state index is 12.4. The number of carbonyl (C=O) groups excluding carboxylic acids is 1. The fraction of sp³-hybridized carbons (Fsp3) is 0.500.